The van der Waals surface area contributed by atoms with Crippen molar-refractivity contribution >= 4 is 11.3 Å². The third-order valence-electron chi connectivity index (χ3n) is 4.46. The monoisotopic (exact) mass is 264 g/mol. The van der Waals surface area contributed by atoms with Crippen LogP contribution in [0.3, 0.4) is 0 Å². The lowest BCUT2D eigenvalue weighted by Crippen LogP contribution is -2.41. The average Bonchev–Trinajstić information content (AvgIpc) is 3.05. The Bertz CT molecular complexity index is 397. The lowest BCUT2D eigenvalue weighted by molar-refractivity contribution is 0.138. The minimum absolute atomic E-state index is 0.607. The number of nitrogens with one attached hydrogen (secondary N) is 1. The third-order valence-corrected chi connectivity index (χ3v) is 5.46. The zero-order valence-corrected chi connectivity index (χ0v) is 12.3. The standard InChI is InChI=1S/C15H24N2S/c1-11(5-8-16-13-3-4-13)17-9-6-15-14(12(17)2)7-10-18-15/h7,10-13,16H,3-6,8-9H2,1-2H3. The van der Waals surface area contributed by atoms with Crippen molar-refractivity contribution in [3.63, 3.8) is 0 Å². The molecule has 2 aliphatic rings. The summed E-state index contributed by atoms with van der Waals surface area (Å²) in [6.45, 7) is 7.18. The van der Waals surface area contributed by atoms with Crippen LogP contribution in [0.2, 0.25) is 0 Å². The summed E-state index contributed by atoms with van der Waals surface area (Å²) in [5.74, 6) is 0. The van der Waals surface area contributed by atoms with Crippen LogP contribution in [0.4, 0.5) is 0 Å². The second-order valence-corrected chi connectivity index (χ2v) is 6.83. The van der Waals surface area contributed by atoms with Gasteiger partial charge in [-0.15, -0.1) is 11.3 Å². The molecule has 18 heavy (non-hydrogen) atoms. The Kier molecular flexibility index (Phi) is 3.73. The van der Waals surface area contributed by atoms with Crippen molar-refractivity contribution in [3.05, 3.63) is 21.9 Å². The molecule has 3 heteroatoms. The van der Waals surface area contributed by atoms with Gasteiger partial charge in [0, 0.05) is 29.5 Å². The summed E-state index contributed by atoms with van der Waals surface area (Å²) < 4.78 is 0. The van der Waals surface area contributed by atoms with Crippen LogP contribution in [0, 0.1) is 0 Å². The highest BCUT2D eigenvalue weighted by atomic mass is 32.1. The van der Waals surface area contributed by atoms with Gasteiger partial charge in [-0.25, -0.2) is 0 Å². The average molecular weight is 264 g/mol. The predicted molar refractivity (Wildman–Crippen MR) is 78.2 cm³/mol. The van der Waals surface area contributed by atoms with E-state index in [0.717, 1.165) is 6.04 Å². The van der Waals surface area contributed by atoms with E-state index in [1.165, 1.54) is 38.8 Å². The van der Waals surface area contributed by atoms with Crippen LogP contribution >= 0.6 is 11.3 Å². The molecule has 2 unspecified atom stereocenters. The summed E-state index contributed by atoms with van der Waals surface area (Å²) in [5.41, 5.74) is 1.58. The van der Waals surface area contributed by atoms with E-state index in [2.05, 4.69) is 35.5 Å². The molecule has 1 saturated carbocycles. The number of hydrogen-bond donors (Lipinski definition) is 1. The van der Waals surface area contributed by atoms with Gasteiger partial charge in [-0.1, -0.05) is 0 Å². The molecule has 0 radical (unpaired) electrons. The van der Waals surface area contributed by atoms with Crippen LogP contribution in [0.15, 0.2) is 11.4 Å². The van der Waals surface area contributed by atoms with Crippen molar-refractivity contribution in [2.24, 2.45) is 0 Å². The van der Waals surface area contributed by atoms with E-state index in [1.54, 1.807) is 10.4 Å². The first-order valence-electron chi connectivity index (χ1n) is 7.31. The maximum Gasteiger partial charge on any atom is 0.0333 e. The summed E-state index contributed by atoms with van der Waals surface area (Å²) in [4.78, 5) is 4.30. The molecule has 0 saturated heterocycles. The van der Waals surface area contributed by atoms with Crippen molar-refractivity contribution < 1.29 is 0 Å². The second kappa shape index (κ2) is 5.32. The van der Waals surface area contributed by atoms with Gasteiger partial charge in [-0.3, -0.25) is 4.90 Å². The number of rotatable bonds is 5. The zero-order chi connectivity index (χ0) is 12.5. The quantitative estimate of drug-likeness (QED) is 0.878. The largest absolute Gasteiger partial charge is 0.314 e. The van der Waals surface area contributed by atoms with Crippen LogP contribution < -0.4 is 5.32 Å². The summed E-state index contributed by atoms with van der Waals surface area (Å²) >= 11 is 1.93. The van der Waals surface area contributed by atoms with Gasteiger partial charge in [-0.05, 0) is 63.1 Å². The Labute approximate surface area is 114 Å². The number of thiophene rings is 1. The van der Waals surface area contributed by atoms with E-state index in [-0.39, 0.29) is 0 Å². The summed E-state index contributed by atoms with van der Waals surface area (Å²) in [6.07, 6.45) is 5.32. The summed E-state index contributed by atoms with van der Waals surface area (Å²) in [7, 11) is 0. The highest BCUT2D eigenvalue weighted by Gasteiger charge is 2.28. The molecule has 1 fully saturated rings. The van der Waals surface area contributed by atoms with E-state index in [1.807, 2.05) is 11.3 Å². The predicted octanol–water partition coefficient (Wildman–Crippen LogP) is 3.20. The number of hydrogen-bond acceptors (Lipinski definition) is 3. The van der Waals surface area contributed by atoms with Gasteiger partial charge in [0.05, 0.1) is 0 Å². The Morgan fingerprint density at radius 1 is 1.50 bits per heavy atom. The van der Waals surface area contributed by atoms with Gasteiger partial charge in [0.25, 0.3) is 0 Å². The normalized spacial score (nSPS) is 26.0. The van der Waals surface area contributed by atoms with E-state index in [9.17, 15) is 0 Å². The van der Waals surface area contributed by atoms with E-state index < -0.39 is 0 Å². The van der Waals surface area contributed by atoms with Crippen molar-refractivity contribution in [1.82, 2.24) is 10.2 Å². The first-order valence-corrected chi connectivity index (χ1v) is 8.19. The molecule has 0 amide bonds. The molecule has 1 N–H and O–H groups in total. The smallest absolute Gasteiger partial charge is 0.0333 e. The minimum atomic E-state index is 0.607. The maximum atomic E-state index is 3.63. The van der Waals surface area contributed by atoms with Crippen molar-refractivity contribution in [3.8, 4) is 0 Å². The lowest BCUT2D eigenvalue weighted by Gasteiger charge is -2.38. The van der Waals surface area contributed by atoms with Crippen LogP contribution in [-0.2, 0) is 6.42 Å². The zero-order valence-electron chi connectivity index (χ0n) is 11.5. The molecule has 0 bridgehead atoms. The van der Waals surface area contributed by atoms with Gasteiger partial charge in [0.1, 0.15) is 0 Å². The van der Waals surface area contributed by atoms with Gasteiger partial charge in [0.15, 0.2) is 0 Å². The molecule has 0 spiro atoms. The first kappa shape index (κ1) is 12.6. The van der Waals surface area contributed by atoms with Gasteiger partial charge in [-0.2, -0.15) is 0 Å². The summed E-state index contributed by atoms with van der Waals surface area (Å²) in [5, 5.41) is 5.88. The third kappa shape index (κ3) is 2.63. The van der Waals surface area contributed by atoms with Crippen LogP contribution in [-0.4, -0.2) is 30.1 Å². The van der Waals surface area contributed by atoms with Crippen LogP contribution in [0.1, 0.15) is 49.6 Å². The van der Waals surface area contributed by atoms with Crippen LogP contribution in [0.5, 0.6) is 0 Å². The Hall–Kier alpha value is -0.380. The topological polar surface area (TPSA) is 15.3 Å². The molecule has 0 aromatic carbocycles. The number of nitrogens with zero attached hydrogens (tertiary/aromatic N) is 1. The molecule has 2 nitrogen and oxygen atoms in total. The second-order valence-electron chi connectivity index (χ2n) is 5.83. The molecule has 3 rings (SSSR count). The van der Waals surface area contributed by atoms with E-state index in [4.69, 9.17) is 0 Å². The van der Waals surface area contributed by atoms with Gasteiger partial charge in [0.2, 0.25) is 0 Å². The van der Waals surface area contributed by atoms with E-state index in [0.29, 0.717) is 12.1 Å². The van der Waals surface area contributed by atoms with Crippen molar-refractivity contribution in [2.45, 2.75) is 57.7 Å². The number of fused-ring (bicyclic) bond motifs is 1. The van der Waals surface area contributed by atoms with Crippen molar-refractivity contribution in [2.75, 3.05) is 13.1 Å². The molecule has 100 valence electrons. The highest BCUT2D eigenvalue weighted by Crippen LogP contribution is 2.34. The molecular weight excluding hydrogens is 240 g/mol. The fourth-order valence-electron chi connectivity index (χ4n) is 3.08. The highest BCUT2D eigenvalue weighted by molar-refractivity contribution is 7.10. The van der Waals surface area contributed by atoms with E-state index >= 15 is 0 Å². The Morgan fingerprint density at radius 2 is 2.33 bits per heavy atom. The molecule has 1 aliphatic carbocycles. The van der Waals surface area contributed by atoms with Gasteiger partial charge < -0.3 is 5.32 Å². The summed E-state index contributed by atoms with van der Waals surface area (Å²) in [6, 6.07) is 4.47. The fraction of sp³-hybridized carbons (Fsp3) is 0.733. The molecule has 2 atom stereocenters. The lowest BCUT2D eigenvalue weighted by atomic mass is 9.99. The Balaban J connectivity index is 1.55. The van der Waals surface area contributed by atoms with Crippen LogP contribution in [0.25, 0.3) is 0 Å². The fourth-order valence-corrected chi connectivity index (χ4v) is 4.04. The molecular formula is C15H24N2S. The Morgan fingerprint density at radius 3 is 3.11 bits per heavy atom. The minimum Gasteiger partial charge on any atom is -0.314 e. The van der Waals surface area contributed by atoms with Crippen molar-refractivity contribution in [1.29, 1.82) is 0 Å². The molecule has 1 aromatic heterocycles. The van der Waals surface area contributed by atoms with Gasteiger partial charge >= 0.3 is 0 Å². The molecule has 2 heterocycles. The first-order chi connectivity index (χ1) is 8.75. The molecule has 1 aliphatic heterocycles. The maximum absolute atomic E-state index is 3.63. The molecule has 1 aromatic rings. The SMILES string of the molecule is CC(CCNC1CC1)N1CCc2sccc2C1C.